The van der Waals surface area contributed by atoms with E-state index in [4.69, 9.17) is 0 Å². The van der Waals surface area contributed by atoms with Crippen LogP contribution in [0.15, 0.2) is 73.3 Å². The molecule has 2 nitrogen and oxygen atoms in total. The van der Waals surface area contributed by atoms with E-state index in [1.54, 1.807) is 6.20 Å². The molecular weight excluding hydrogens is 394 g/mol. The van der Waals surface area contributed by atoms with E-state index >= 15 is 0 Å². The summed E-state index contributed by atoms with van der Waals surface area (Å²) >= 11 is 0. The van der Waals surface area contributed by atoms with Gasteiger partial charge in [-0.15, -0.1) is 18.6 Å². The van der Waals surface area contributed by atoms with Gasteiger partial charge in [-0.1, -0.05) is 35.0 Å². The van der Waals surface area contributed by atoms with Crippen LogP contribution in [0.5, 0.6) is 0 Å². The average Bonchev–Trinajstić information content (AvgIpc) is 3.21. The first-order valence-corrected chi connectivity index (χ1v) is 6.29. The van der Waals surface area contributed by atoms with Crippen molar-refractivity contribution in [3.05, 3.63) is 79.4 Å². The number of hydrogen-bond donors (Lipinski definition) is 0. The number of nitrogens with zero attached hydrogens (tertiary/aromatic N) is 2. The summed E-state index contributed by atoms with van der Waals surface area (Å²) in [5.74, 6) is 0. The molecule has 22 heavy (non-hydrogen) atoms. The molecule has 2 aromatic carbocycles. The zero-order valence-electron chi connectivity index (χ0n) is 11.8. The second-order valence-corrected chi connectivity index (χ2v) is 4.28. The van der Waals surface area contributed by atoms with Crippen molar-refractivity contribution in [3.63, 3.8) is 0 Å². The molecule has 1 aliphatic carbocycles. The third-order valence-electron chi connectivity index (χ3n) is 3.03. The van der Waals surface area contributed by atoms with Gasteiger partial charge in [0.2, 0.25) is 0 Å². The minimum atomic E-state index is 0. The molecule has 4 rings (SSSR count). The molecule has 0 N–H and O–H groups in total. The minimum absolute atomic E-state index is 0. The second kappa shape index (κ2) is 10.7. The van der Waals surface area contributed by atoms with Crippen molar-refractivity contribution in [3.8, 4) is 5.69 Å². The Morgan fingerprint density at radius 1 is 1.14 bits per heavy atom. The van der Waals surface area contributed by atoms with Gasteiger partial charge in [-0.25, -0.2) is 12.2 Å². The molecule has 0 radical (unpaired) electrons. The molecule has 1 heterocycles. The Labute approximate surface area is 162 Å². The van der Waals surface area contributed by atoms with Crippen molar-refractivity contribution in [1.29, 1.82) is 0 Å². The fourth-order valence-corrected chi connectivity index (χ4v) is 2.10. The maximum atomic E-state index is 4.05. The Hall–Kier alpha value is -1.02. The fourth-order valence-electron chi connectivity index (χ4n) is 2.10. The summed E-state index contributed by atoms with van der Waals surface area (Å²) in [6.07, 6.45) is 15.6. The number of allylic oxidation sites excluding steroid dienone is 4. The molecule has 5 heteroatoms. The Morgan fingerprint density at radius 2 is 1.95 bits per heavy atom. The number of rotatable bonds is 1. The quantitative estimate of drug-likeness (QED) is 0.429. The SMILES string of the molecule is [C-]1=CC=CC1.[Cl-].[Cl-].[Zr+4].c1ccc2c(c1)cc[c-]2-n1ccnc1. The summed E-state index contributed by atoms with van der Waals surface area (Å²) in [5.41, 5.74) is 1.19. The van der Waals surface area contributed by atoms with Crippen LogP contribution in [0.3, 0.4) is 0 Å². The van der Waals surface area contributed by atoms with E-state index in [9.17, 15) is 0 Å². The zero-order valence-corrected chi connectivity index (χ0v) is 15.8. The average molecular weight is 408 g/mol. The third-order valence-corrected chi connectivity index (χ3v) is 3.03. The maximum absolute atomic E-state index is 4.05. The van der Waals surface area contributed by atoms with Crippen LogP contribution in [-0.2, 0) is 26.2 Å². The van der Waals surface area contributed by atoms with Gasteiger partial charge in [0.05, 0.1) is 0 Å². The Kier molecular flexibility index (Phi) is 10.2. The molecule has 1 aromatic heterocycles. The zero-order chi connectivity index (χ0) is 12.9. The van der Waals surface area contributed by atoms with Gasteiger partial charge in [0.15, 0.2) is 0 Å². The van der Waals surface area contributed by atoms with E-state index in [0.29, 0.717) is 0 Å². The van der Waals surface area contributed by atoms with Gasteiger partial charge < -0.3 is 29.4 Å². The molecule has 110 valence electrons. The number of halogens is 2. The summed E-state index contributed by atoms with van der Waals surface area (Å²) in [6, 6.07) is 12.6. The first-order chi connectivity index (χ1) is 9.45. The van der Waals surface area contributed by atoms with Crippen LogP contribution >= 0.6 is 0 Å². The van der Waals surface area contributed by atoms with Crippen LogP contribution in [0.4, 0.5) is 0 Å². The normalized spacial score (nSPS) is 10.9. The predicted octanol–water partition coefficient (Wildman–Crippen LogP) is -1.94. The van der Waals surface area contributed by atoms with Crippen LogP contribution in [0.25, 0.3) is 16.5 Å². The first-order valence-electron chi connectivity index (χ1n) is 6.29. The van der Waals surface area contributed by atoms with Gasteiger partial charge in [-0.2, -0.15) is 6.08 Å². The summed E-state index contributed by atoms with van der Waals surface area (Å²) in [7, 11) is 0. The first kappa shape index (κ1) is 21.0. The van der Waals surface area contributed by atoms with Crippen molar-refractivity contribution in [2.75, 3.05) is 0 Å². The molecule has 0 aliphatic heterocycles. The van der Waals surface area contributed by atoms with Crippen molar-refractivity contribution in [2.45, 2.75) is 6.42 Å². The summed E-state index contributed by atoms with van der Waals surface area (Å²) in [5, 5.41) is 2.54. The number of benzene rings is 1. The number of aromatic nitrogens is 2. The van der Waals surface area contributed by atoms with E-state index in [1.165, 1.54) is 16.5 Å². The Bertz CT molecular complexity index is 705. The van der Waals surface area contributed by atoms with E-state index in [0.717, 1.165) is 6.42 Å². The number of fused-ring (bicyclic) bond motifs is 1. The molecule has 0 saturated carbocycles. The molecule has 3 aromatic rings. The van der Waals surface area contributed by atoms with E-state index in [1.807, 2.05) is 29.2 Å². The van der Waals surface area contributed by atoms with Gasteiger partial charge in [-0.05, 0) is 11.9 Å². The van der Waals surface area contributed by atoms with Gasteiger partial charge in [0.25, 0.3) is 0 Å². The molecule has 0 amide bonds. The molecular formula is C17H14Cl2N2Zr. The minimum Gasteiger partial charge on any atom is -1.00 e. The van der Waals surface area contributed by atoms with Crippen molar-refractivity contribution < 1.29 is 51.0 Å². The fraction of sp³-hybridized carbons (Fsp3) is 0.0588. The third kappa shape index (κ3) is 5.02. The summed E-state index contributed by atoms with van der Waals surface area (Å²) < 4.78 is 2.03. The summed E-state index contributed by atoms with van der Waals surface area (Å²) in [4.78, 5) is 4.05. The van der Waals surface area contributed by atoms with Crippen LogP contribution in [0.1, 0.15) is 6.42 Å². The van der Waals surface area contributed by atoms with Gasteiger partial charge >= 0.3 is 26.2 Å². The molecule has 0 atom stereocenters. The molecule has 0 unspecified atom stereocenters. The maximum Gasteiger partial charge on any atom is 4.00 e. The van der Waals surface area contributed by atoms with E-state index in [-0.39, 0.29) is 51.0 Å². The Morgan fingerprint density at radius 3 is 2.55 bits per heavy atom. The molecule has 1 aliphatic rings. The second-order valence-electron chi connectivity index (χ2n) is 4.28. The molecule has 0 fully saturated rings. The molecule has 0 spiro atoms. The predicted molar refractivity (Wildman–Crippen MR) is 78.2 cm³/mol. The van der Waals surface area contributed by atoms with Gasteiger partial charge in [-0.3, -0.25) is 11.1 Å². The smallest absolute Gasteiger partial charge is 1.00 e. The molecule has 0 saturated heterocycles. The number of hydrogen-bond acceptors (Lipinski definition) is 1. The van der Waals surface area contributed by atoms with Crippen LogP contribution < -0.4 is 24.8 Å². The van der Waals surface area contributed by atoms with Crippen molar-refractivity contribution >= 4 is 10.8 Å². The van der Waals surface area contributed by atoms with E-state index in [2.05, 4.69) is 53.5 Å². The topological polar surface area (TPSA) is 17.8 Å². The Balaban J connectivity index is 0.000000482. The van der Waals surface area contributed by atoms with Crippen LogP contribution in [-0.4, -0.2) is 9.55 Å². The van der Waals surface area contributed by atoms with Gasteiger partial charge in [0, 0.05) is 12.5 Å². The largest absolute Gasteiger partial charge is 4.00 e. The van der Waals surface area contributed by atoms with E-state index < -0.39 is 0 Å². The summed E-state index contributed by atoms with van der Waals surface area (Å²) in [6.45, 7) is 0. The molecule has 0 bridgehead atoms. The van der Waals surface area contributed by atoms with Gasteiger partial charge in [0.1, 0.15) is 0 Å². The monoisotopic (exact) mass is 406 g/mol. The van der Waals surface area contributed by atoms with Crippen LogP contribution in [0.2, 0.25) is 0 Å². The number of imidazole rings is 1. The van der Waals surface area contributed by atoms with Crippen LogP contribution in [0, 0.1) is 6.08 Å². The van der Waals surface area contributed by atoms with Crippen molar-refractivity contribution in [1.82, 2.24) is 9.55 Å². The standard InChI is InChI=1S/C12H9N2.C5H5.2ClH.Zr/c1-2-4-11-10(3-1)5-6-12(11)14-8-7-13-9-14;1-2-4-5-3-1;;;/h1-9H;1-3H,4H2;2*1H;/q2*-1;;;+4/p-2. The van der Waals surface area contributed by atoms with Crippen molar-refractivity contribution in [2.24, 2.45) is 0 Å².